The van der Waals surface area contributed by atoms with Gasteiger partial charge in [-0.1, -0.05) is 43.1 Å². The second-order valence-electron chi connectivity index (χ2n) is 7.09. The normalized spacial score (nSPS) is 21.6. The summed E-state index contributed by atoms with van der Waals surface area (Å²) in [7, 11) is 0. The first kappa shape index (κ1) is 21.0. The van der Waals surface area contributed by atoms with Gasteiger partial charge in [-0.3, -0.25) is 14.5 Å². The summed E-state index contributed by atoms with van der Waals surface area (Å²) in [6, 6.07) is 5.91. The van der Waals surface area contributed by atoms with E-state index >= 15 is 0 Å². The summed E-state index contributed by atoms with van der Waals surface area (Å²) in [5.41, 5.74) is -2.16. The zero-order chi connectivity index (χ0) is 20.6. The predicted molar refractivity (Wildman–Crippen MR) is 101 cm³/mol. The van der Waals surface area contributed by atoms with E-state index in [2.05, 4.69) is 10.6 Å². The standard InChI is InChI=1S/C18H20Cl2N4O3/c1-10(2)17(3,9-21)22-14(25)8-24-15(26)18(4,23-16(24)27)12-6-5-11(19)7-13(12)20/h5-7,10H,8H2,1-4H3,(H,22,25)(H,23,27). The lowest BCUT2D eigenvalue weighted by molar-refractivity contribution is -0.135. The first-order chi connectivity index (χ1) is 12.4. The number of amides is 4. The van der Waals surface area contributed by atoms with Crippen LogP contribution in [0.3, 0.4) is 0 Å². The Morgan fingerprint density at radius 2 is 2.04 bits per heavy atom. The molecule has 144 valence electrons. The van der Waals surface area contributed by atoms with E-state index in [1.165, 1.54) is 13.0 Å². The van der Waals surface area contributed by atoms with E-state index in [1.54, 1.807) is 32.9 Å². The first-order valence-electron chi connectivity index (χ1n) is 8.26. The lowest BCUT2D eigenvalue weighted by Gasteiger charge is -2.28. The number of hydrogen-bond acceptors (Lipinski definition) is 4. The van der Waals surface area contributed by atoms with Crippen LogP contribution in [-0.4, -0.2) is 34.8 Å². The Balaban J connectivity index is 2.23. The fourth-order valence-electron chi connectivity index (χ4n) is 2.69. The Bertz CT molecular complexity index is 851. The highest BCUT2D eigenvalue weighted by atomic mass is 35.5. The van der Waals surface area contributed by atoms with Crippen LogP contribution >= 0.6 is 23.2 Å². The average Bonchev–Trinajstić information content (AvgIpc) is 2.78. The molecule has 0 aromatic heterocycles. The third-order valence-corrected chi connectivity index (χ3v) is 5.38. The van der Waals surface area contributed by atoms with Gasteiger partial charge in [-0.2, -0.15) is 5.26 Å². The van der Waals surface area contributed by atoms with Gasteiger partial charge in [0, 0.05) is 15.6 Å². The number of hydrogen-bond donors (Lipinski definition) is 2. The quantitative estimate of drug-likeness (QED) is 0.728. The minimum Gasteiger partial charge on any atom is -0.336 e. The molecule has 1 aliphatic rings. The Labute approximate surface area is 167 Å². The zero-order valence-electron chi connectivity index (χ0n) is 15.4. The molecule has 1 saturated heterocycles. The van der Waals surface area contributed by atoms with Gasteiger partial charge in [0.2, 0.25) is 5.91 Å². The van der Waals surface area contributed by atoms with Gasteiger partial charge in [-0.25, -0.2) is 4.79 Å². The smallest absolute Gasteiger partial charge is 0.325 e. The summed E-state index contributed by atoms with van der Waals surface area (Å²) in [5.74, 6) is -1.38. The monoisotopic (exact) mass is 410 g/mol. The van der Waals surface area contributed by atoms with Crippen molar-refractivity contribution in [2.75, 3.05) is 6.54 Å². The molecule has 2 N–H and O–H groups in total. The van der Waals surface area contributed by atoms with Gasteiger partial charge in [0.15, 0.2) is 0 Å². The van der Waals surface area contributed by atoms with E-state index in [9.17, 15) is 19.6 Å². The number of nitriles is 1. The SMILES string of the molecule is CC(C)C(C)(C#N)NC(=O)CN1C(=O)NC(C)(c2ccc(Cl)cc2Cl)C1=O. The molecule has 1 aromatic rings. The summed E-state index contributed by atoms with van der Waals surface area (Å²) in [6.07, 6.45) is 0. The van der Waals surface area contributed by atoms with Crippen molar-refractivity contribution in [1.29, 1.82) is 5.26 Å². The van der Waals surface area contributed by atoms with Crippen LogP contribution in [0.4, 0.5) is 4.79 Å². The van der Waals surface area contributed by atoms with Gasteiger partial charge < -0.3 is 10.6 Å². The van der Waals surface area contributed by atoms with Crippen molar-refractivity contribution >= 4 is 41.0 Å². The van der Waals surface area contributed by atoms with Gasteiger partial charge in [-0.15, -0.1) is 0 Å². The van der Waals surface area contributed by atoms with Crippen LogP contribution in [0.1, 0.15) is 33.3 Å². The average molecular weight is 411 g/mol. The molecule has 0 bridgehead atoms. The van der Waals surface area contributed by atoms with Crippen molar-refractivity contribution in [1.82, 2.24) is 15.5 Å². The molecular formula is C18H20Cl2N4O3. The minimum atomic E-state index is -1.42. The second-order valence-corrected chi connectivity index (χ2v) is 7.93. The van der Waals surface area contributed by atoms with Crippen LogP contribution < -0.4 is 10.6 Å². The summed E-state index contributed by atoms with van der Waals surface area (Å²) >= 11 is 12.1. The van der Waals surface area contributed by atoms with Crippen LogP contribution in [0.2, 0.25) is 10.0 Å². The third kappa shape index (κ3) is 3.87. The molecule has 1 aliphatic heterocycles. The van der Waals surface area contributed by atoms with Gasteiger partial charge in [0.25, 0.3) is 5.91 Å². The van der Waals surface area contributed by atoms with Crippen molar-refractivity contribution in [2.24, 2.45) is 5.92 Å². The molecule has 27 heavy (non-hydrogen) atoms. The highest BCUT2D eigenvalue weighted by molar-refractivity contribution is 6.35. The summed E-state index contributed by atoms with van der Waals surface area (Å²) in [5, 5.41) is 15.1. The number of benzene rings is 1. The predicted octanol–water partition coefficient (Wildman–Crippen LogP) is 2.81. The molecule has 0 radical (unpaired) electrons. The van der Waals surface area contributed by atoms with Crippen molar-refractivity contribution in [3.63, 3.8) is 0 Å². The topological polar surface area (TPSA) is 102 Å². The van der Waals surface area contributed by atoms with Crippen LogP contribution in [0.15, 0.2) is 18.2 Å². The molecule has 0 saturated carbocycles. The molecule has 7 nitrogen and oxygen atoms in total. The molecule has 0 spiro atoms. The van der Waals surface area contributed by atoms with Crippen LogP contribution in [-0.2, 0) is 15.1 Å². The van der Waals surface area contributed by atoms with Crippen molar-refractivity contribution < 1.29 is 14.4 Å². The number of rotatable bonds is 5. The largest absolute Gasteiger partial charge is 0.336 e. The highest BCUT2D eigenvalue weighted by Gasteiger charge is 2.50. The molecule has 2 unspecified atom stereocenters. The summed E-state index contributed by atoms with van der Waals surface area (Å²) < 4.78 is 0. The Hall–Kier alpha value is -2.30. The van der Waals surface area contributed by atoms with E-state index in [4.69, 9.17) is 23.2 Å². The van der Waals surface area contributed by atoms with Gasteiger partial charge >= 0.3 is 6.03 Å². The Morgan fingerprint density at radius 1 is 1.41 bits per heavy atom. The molecule has 2 rings (SSSR count). The maximum absolute atomic E-state index is 12.9. The number of halogens is 2. The lowest BCUT2D eigenvalue weighted by Crippen LogP contribution is -2.52. The van der Waals surface area contributed by atoms with E-state index in [-0.39, 0.29) is 10.9 Å². The zero-order valence-corrected chi connectivity index (χ0v) is 16.9. The minimum absolute atomic E-state index is 0.160. The molecule has 9 heteroatoms. The molecule has 1 aromatic carbocycles. The van der Waals surface area contributed by atoms with Crippen molar-refractivity contribution in [3.8, 4) is 6.07 Å². The van der Waals surface area contributed by atoms with Crippen molar-refractivity contribution in [3.05, 3.63) is 33.8 Å². The molecular weight excluding hydrogens is 391 g/mol. The Morgan fingerprint density at radius 3 is 2.56 bits per heavy atom. The molecule has 2 atom stereocenters. The van der Waals surface area contributed by atoms with Crippen LogP contribution in [0.5, 0.6) is 0 Å². The highest BCUT2D eigenvalue weighted by Crippen LogP contribution is 2.34. The first-order valence-corrected chi connectivity index (χ1v) is 9.02. The number of nitrogens with zero attached hydrogens (tertiary/aromatic N) is 2. The summed E-state index contributed by atoms with van der Waals surface area (Å²) in [4.78, 5) is 38.4. The second kappa shape index (κ2) is 7.37. The van der Waals surface area contributed by atoms with Crippen LogP contribution in [0, 0.1) is 17.2 Å². The number of carbonyl (C=O) groups is 3. The third-order valence-electron chi connectivity index (χ3n) is 4.83. The molecule has 4 amide bonds. The fourth-order valence-corrected chi connectivity index (χ4v) is 3.29. The van der Waals surface area contributed by atoms with E-state index in [1.807, 2.05) is 6.07 Å². The van der Waals surface area contributed by atoms with Gasteiger partial charge in [0.1, 0.15) is 17.6 Å². The summed E-state index contributed by atoms with van der Waals surface area (Å²) in [6.45, 7) is 6.16. The number of imide groups is 1. The van der Waals surface area contributed by atoms with Crippen molar-refractivity contribution in [2.45, 2.75) is 38.8 Å². The van der Waals surface area contributed by atoms with Crippen LogP contribution in [0.25, 0.3) is 0 Å². The number of carbonyl (C=O) groups excluding carboxylic acids is 3. The maximum Gasteiger partial charge on any atom is 0.325 e. The van der Waals surface area contributed by atoms with E-state index in [0.717, 1.165) is 4.90 Å². The maximum atomic E-state index is 12.9. The number of nitrogens with one attached hydrogen (secondary N) is 2. The molecule has 0 aliphatic carbocycles. The van der Waals surface area contributed by atoms with Gasteiger partial charge in [-0.05, 0) is 31.9 Å². The molecule has 1 fully saturated rings. The van der Waals surface area contributed by atoms with E-state index in [0.29, 0.717) is 10.6 Å². The fraction of sp³-hybridized carbons (Fsp3) is 0.444. The Kier molecular flexibility index (Phi) is 5.74. The molecule has 1 heterocycles. The van der Waals surface area contributed by atoms with E-state index < -0.39 is 35.5 Å². The lowest BCUT2D eigenvalue weighted by atomic mass is 9.90. The van der Waals surface area contributed by atoms with Gasteiger partial charge in [0.05, 0.1) is 6.07 Å². The number of urea groups is 1.